The highest BCUT2D eigenvalue weighted by Crippen LogP contribution is 2.04. The molecule has 6 heteroatoms. The summed E-state index contributed by atoms with van der Waals surface area (Å²) < 4.78 is 7.14. The zero-order valence-electron chi connectivity index (χ0n) is 12.3. The van der Waals surface area contributed by atoms with Crippen LogP contribution in [0, 0.1) is 5.92 Å². The third-order valence-electron chi connectivity index (χ3n) is 2.57. The maximum Gasteiger partial charge on any atom is 0.189 e. The van der Waals surface area contributed by atoms with Gasteiger partial charge in [-0.3, -0.25) is 0 Å². The Balaban J connectivity index is 2.53. The smallest absolute Gasteiger partial charge is 0.189 e. The fourth-order valence-corrected chi connectivity index (χ4v) is 1.80. The molecule has 0 saturated carbocycles. The van der Waals surface area contributed by atoms with Gasteiger partial charge in [-0.15, -0.1) is 0 Å². The van der Waals surface area contributed by atoms with Crippen LogP contribution in [-0.2, 0) is 17.8 Å². The largest absolute Gasteiger partial charge is 0.383 e. The van der Waals surface area contributed by atoms with Crippen molar-refractivity contribution in [3.63, 3.8) is 0 Å². The Labute approximate surface area is 115 Å². The Morgan fingerprint density at radius 2 is 2.26 bits per heavy atom. The van der Waals surface area contributed by atoms with Gasteiger partial charge in [0.25, 0.3) is 0 Å². The summed E-state index contributed by atoms with van der Waals surface area (Å²) in [5, 5.41) is 3.07. The lowest BCUT2D eigenvalue weighted by Gasteiger charge is -2.13. The van der Waals surface area contributed by atoms with Crippen LogP contribution < -0.4 is 11.1 Å². The second-order valence-electron chi connectivity index (χ2n) is 5.09. The third-order valence-corrected chi connectivity index (χ3v) is 2.57. The average Bonchev–Trinajstić information content (AvgIpc) is 2.73. The van der Waals surface area contributed by atoms with E-state index >= 15 is 0 Å². The van der Waals surface area contributed by atoms with E-state index in [4.69, 9.17) is 10.5 Å². The van der Waals surface area contributed by atoms with E-state index < -0.39 is 0 Å². The van der Waals surface area contributed by atoms with Crippen LogP contribution in [0.25, 0.3) is 0 Å². The Bertz CT molecular complexity index is 399. The highest BCUT2D eigenvalue weighted by molar-refractivity contribution is 5.78. The zero-order chi connectivity index (χ0) is 14.3. The van der Waals surface area contributed by atoms with Gasteiger partial charge in [0.1, 0.15) is 12.4 Å². The van der Waals surface area contributed by atoms with Crippen LogP contribution in [-0.4, -0.2) is 35.3 Å². The molecule has 1 aromatic rings. The average molecular weight is 267 g/mol. The van der Waals surface area contributed by atoms with E-state index in [0.29, 0.717) is 25.0 Å². The van der Waals surface area contributed by atoms with Crippen molar-refractivity contribution < 1.29 is 4.74 Å². The highest BCUT2D eigenvalue weighted by atomic mass is 16.5. The Morgan fingerprint density at radius 3 is 2.89 bits per heavy atom. The normalized spacial score (nSPS) is 13.8. The van der Waals surface area contributed by atoms with Crippen molar-refractivity contribution in [1.29, 1.82) is 0 Å². The summed E-state index contributed by atoms with van der Waals surface area (Å²) in [7, 11) is 1.66. The summed E-state index contributed by atoms with van der Waals surface area (Å²) in [6.07, 6.45) is 3.77. The minimum Gasteiger partial charge on any atom is -0.383 e. The molecule has 0 radical (unpaired) electrons. The number of nitrogens with one attached hydrogen (secondary N) is 1. The molecule has 0 aliphatic carbocycles. The van der Waals surface area contributed by atoms with Gasteiger partial charge in [0.15, 0.2) is 5.96 Å². The molecular formula is C13H25N5O. The van der Waals surface area contributed by atoms with Crippen LogP contribution in [0.3, 0.4) is 0 Å². The van der Waals surface area contributed by atoms with Crippen molar-refractivity contribution in [2.24, 2.45) is 16.6 Å². The number of ether oxygens (including phenoxy) is 1. The number of guanidine groups is 1. The molecule has 1 rings (SSSR count). The van der Waals surface area contributed by atoms with Crippen LogP contribution in [0.1, 0.15) is 26.6 Å². The maximum atomic E-state index is 5.82. The highest BCUT2D eigenvalue weighted by Gasteiger charge is 2.05. The summed E-state index contributed by atoms with van der Waals surface area (Å²) in [5.41, 5.74) is 5.82. The molecule has 108 valence electrons. The van der Waals surface area contributed by atoms with Crippen LogP contribution in [0.15, 0.2) is 17.4 Å². The lowest BCUT2D eigenvalue weighted by Crippen LogP contribution is -2.40. The van der Waals surface area contributed by atoms with Gasteiger partial charge in [0.2, 0.25) is 0 Å². The molecule has 1 unspecified atom stereocenters. The van der Waals surface area contributed by atoms with Gasteiger partial charge in [0.05, 0.1) is 6.61 Å². The van der Waals surface area contributed by atoms with Gasteiger partial charge in [-0.1, -0.05) is 13.8 Å². The summed E-state index contributed by atoms with van der Waals surface area (Å²) in [4.78, 5) is 8.61. The van der Waals surface area contributed by atoms with Crippen LogP contribution in [0.4, 0.5) is 0 Å². The number of aliphatic imine (C=N–C) groups is 1. The van der Waals surface area contributed by atoms with Crippen molar-refractivity contribution in [1.82, 2.24) is 14.9 Å². The summed E-state index contributed by atoms with van der Waals surface area (Å²) in [6, 6.07) is 0.143. The number of aromatic nitrogens is 2. The fraction of sp³-hybridized carbons (Fsp3) is 0.692. The van der Waals surface area contributed by atoms with E-state index in [2.05, 4.69) is 33.7 Å². The van der Waals surface area contributed by atoms with E-state index in [-0.39, 0.29) is 6.04 Å². The van der Waals surface area contributed by atoms with E-state index in [0.717, 1.165) is 12.4 Å². The number of nitrogens with two attached hydrogens (primary N) is 1. The van der Waals surface area contributed by atoms with Gasteiger partial charge in [-0.25, -0.2) is 9.98 Å². The second-order valence-corrected chi connectivity index (χ2v) is 5.09. The van der Waals surface area contributed by atoms with E-state index in [9.17, 15) is 0 Å². The molecule has 1 atom stereocenters. The van der Waals surface area contributed by atoms with Gasteiger partial charge in [-0.05, 0) is 12.8 Å². The molecular weight excluding hydrogens is 242 g/mol. The molecule has 0 spiro atoms. The number of hydrogen-bond donors (Lipinski definition) is 2. The molecule has 0 fully saturated rings. The molecule has 0 aliphatic rings. The van der Waals surface area contributed by atoms with Crippen LogP contribution in [0.5, 0.6) is 0 Å². The third kappa shape index (κ3) is 5.74. The van der Waals surface area contributed by atoms with Gasteiger partial charge >= 0.3 is 0 Å². The molecule has 0 aliphatic heterocycles. The molecule has 3 N–H and O–H groups in total. The van der Waals surface area contributed by atoms with Crippen molar-refractivity contribution >= 4 is 5.96 Å². The predicted molar refractivity (Wildman–Crippen MR) is 76.9 cm³/mol. The summed E-state index contributed by atoms with van der Waals surface area (Å²) in [6.45, 7) is 8.37. The van der Waals surface area contributed by atoms with Crippen molar-refractivity contribution in [3.8, 4) is 0 Å². The lowest BCUT2D eigenvalue weighted by molar-refractivity contribution is 0.179. The topological polar surface area (TPSA) is 77.5 Å². The molecule has 0 bridgehead atoms. The van der Waals surface area contributed by atoms with Gasteiger partial charge < -0.3 is 20.4 Å². The number of methoxy groups -OCH3 is 1. The Kier molecular flexibility index (Phi) is 6.35. The molecule has 0 aromatic carbocycles. The predicted octanol–water partition coefficient (Wildman–Crippen LogP) is 0.978. The standard InChI is InChI=1S/C13H25N5O/c1-10(2)8-18-6-5-15-12(18)7-16-13(14)17-11(3)9-19-4/h5-6,10-11H,7-9H2,1-4H3,(H3,14,16,17). The maximum absolute atomic E-state index is 5.82. The first-order chi connectivity index (χ1) is 9.02. The van der Waals surface area contributed by atoms with Gasteiger partial charge in [-0.2, -0.15) is 0 Å². The van der Waals surface area contributed by atoms with E-state index in [1.54, 1.807) is 13.3 Å². The Hall–Kier alpha value is -1.56. The van der Waals surface area contributed by atoms with Crippen molar-refractivity contribution in [3.05, 3.63) is 18.2 Å². The lowest BCUT2D eigenvalue weighted by atomic mass is 10.2. The number of nitrogens with zero attached hydrogens (tertiary/aromatic N) is 3. The summed E-state index contributed by atoms with van der Waals surface area (Å²) in [5.74, 6) is 1.93. The van der Waals surface area contributed by atoms with Crippen LogP contribution in [0.2, 0.25) is 0 Å². The molecule has 6 nitrogen and oxygen atoms in total. The number of rotatable bonds is 7. The molecule has 19 heavy (non-hydrogen) atoms. The number of imidazole rings is 1. The minimum atomic E-state index is 0.143. The molecule has 0 saturated heterocycles. The summed E-state index contributed by atoms with van der Waals surface area (Å²) >= 11 is 0. The van der Waals surface area contributed by atoms with E-state index in [1.807, 2.05) is 13.1 Å². The molecule has 1 aromatic heterocycles. The minimum absolute atomic E-state index is 0.143. The van der Waals surface area contributed by atoms with Gasteiger partial charge in [0, 0.05) is 32.1 Å². The number of hydrogen-bond acceptors (Lipinski definition) is 3. The Morgan fingerprint density at radius 1 is 1.53 bits per heavy atom. The molecule has 0 amide bonds. The monoisotopic (exact) mass is 267 g/mol. The van der Waals surface area contributed by atoms with Crippen molar-refractivity contribution in [2.75, 3.05) is 13.7 Å². The first-order valence-electron chi connectivity index (χ1n) is 6.58. The first kappa shape index (κ1) is 15.5. The SMILES string of the molecule is COCC(C)NC(N)=NCc1nccn1CC(C)C. The zero-order valence-corrected chi connectivity index (χ0v) is 12.3. The van der Waals surface area contributed by atoms with Crippen molar-refractivity contribution in [2.45, 2.75) is 39.9 Å². The molecule has 1 heterocycles. The van der Waals surface area contributed by atoms with Crippen LogP contribution >= 0.6 is 0 Å². The van der Waals surface area contributed by atoms with E-state index in [1.165, 1.54) is 0 Å². The fourth-order valence-electron chi connectivity index (χ4n) is 1.80. The second kappa shape index (κ2) is 7.78. The quantitative estimate of drug-likeness (QED) is 0.570. The first-order valence-corrected chi connectivity index (χ1v) is 6.58.